The quantitative estimate of drug-likeness (QED) is 0.101. The van der Waals surface area contributed by atoms with Crippen LogP contribution < -0.4 is 16.3 Å². The van der Waals surface area contributed by atoms with Crippen LogP contribution in [-0.2, 0) is 64.2 Å². The molecule has 3 aromatic rings. The van der Waals surface area contributed by atoms with Gasteiger partial charge in [0.2, 0.25) is 16.3 Å². The summed E-state index contributed by atoms with van der Waals surface area (Å²) in [6, 6.07) is 0. The van der Waals surface area contributed by atoms with Crippen molar-refractivity contribution in [3.05, 3.63) is 83.0 Å². The molecule has 46 heavy (non-hydrogen) atoms. The van der Waals surface area contributed by atoms with E-state index in [0.717, 1.165) is 0 Å². The van der Waals surface area contributed by atoms with Crippen molar-refractivity contribution in [1.82, 2.24) is 15.0 Å². The van der Waals surface area contributed by atoms with Gasteiger partial charge in [-0.2, -0.15) is 0 Å². The summed E-state index contributed by atoms with van der Waals surface area (Å²) >= 11 is 0. The van der Waals surface area contributed by atoms with Crippen LogP contribution in [0.4, 0.5) is 0 Å². The van der Waals surface area contributed by atoms with E-state index < -0.39 is 76.8 Å². The largest absolute Gasteiger partial charge is 3.00 e. The number of rotatable bonds is 9. The van der Waals surface area contributed by atoms with E-state index in [9.17, 15) is 43.4 Å². The number of H-pyrrole nitrogens is 3. The van der Waals surface area contributed by atoms with Crippen molar-refractivity contribution < 1.29 is 89.0 Å². The number of nitrogens with one attached hydrogen (secondary N) is 3. The Kier molecular flexibility index (Phi) is 16.7. The number of aromatic hydroxyl groups is 3. The van der Waals surface area contributed by atoms with Crippen molar-refractivity contribution in [2.75, 3.05) is 0 Å². The van der Waals surface area contributed by atoms with Gasteiger partial charge in [0.15, 0.2) is 17.2 Å². The zero-order chi connectivity index (χ0) is 34.9. The van der Waals surface area contributed by atoms with Crippen LogP contribution in [0.25, 0.3) is 0 Å². The van der Waals surface area contributed by atoms with Crippen molar-refractivity contribution >= 4 is 23.5 Å². The number of pyridine rings is 3. The number of aromatic amines is 3. The first-order chi connectivity index (χ1) is 20.4. The maximum Gasteiger partial charge on any atom is 3.00 e. The molecule has 21 nitrogen and oxygen atoms in total. The summed E-state index contributed by atoms with van der Waals surface area (Å²) < 4.78 is 43.5. The molecule has 0 aliphatic carbocycles. The van der Waals surface area contributed by atoms with Crippen LogP contribution in [0.15, 0.2) is 33.0 Å². The minimum atomic E-state index is -4.61. The third-order valence-corrected chi connectivity index (χ3v) is 6.54. The fourth-order valence-corrected chi connectivity index (χ4v) is 3.66. The average molecular weight is 761 g/mol. The second-order valence-corrected chi connectivity index (χ2v) is 12.4. The van der Waals surface area contributed by atoms with Crippen LogP contribution in [0.5, 0.6) is 17.2 Å². The predicted molar refractivity (Wildman–Crippen MR) is 151 cm³/mol. The molecule has 3 heterocycles. The second kappa shape index (κ2) is 17.9. The minimum Gasteiger partial charge on any atom is -0.503 e. The van der Waals surface area contributed by atoms with E-state index in [2.05, 4.69) is 28.5 Å². The van der Waals surface area contributed by atoms with E-state index in [1.807, 2.05) is 0 Å². The monoisotopic (exact) mass is 761 g/mol. The van der Waals surface area contributed by atoms with Gasteiger partial charge in [0.1, 0.15) is 0 Å². The first kappa shape index (κ1) is 43.1. The van der Waals surface area contributed by atoms with Crippen LogP contribution in [0, 0.1) is 20.8 Å². The molecule has 0 saturated heterocycles. The number of aryl methyl sites for hydroxylation is 3. The van der Waals surface area contributed by atoms with Gasteiger partial charge in [-0.3, -0.25) is 28.0 Å². The van der Waals surface area contributed by atoms with E-state index in [-0.39, 0.29) is 50.8 Å². The van der Waals surface area contributed by atoms with E-state index >= 15 is 0 Å². The summed E-state index contributed by atoms with van der Waals surface area (Å²) in [5.41, 5.74) is -1.46. The number of phosphoric acid groups is 3. The summed E-state index contributed by atoms with van der Waals surface area (Å²) in [6.07, 6.45) is 3.69. The molecule has 1 radical (unpaired) electrons. The summed E-state index contributed by atoms with van der Waals surface area (Å²) in [5.74, 6) is -1.45. The van der Waals surface area contributed by atoms with Gasteiger partial charge in [0.25, 0.3) is 0 Å². The Balaban J connectivity index is 0.000000653. The molecule has 12 N–H and O–H groups in total. The van der Waals surface area contributed by atoms with Gasteiger partial charge in [-0.1, -0.05) is 0 Å². The van der Waals surface area contributed by atoms with Gasteiger partial charge in [-0.25, -0.2) is 13.7 Å². The van der Waals surface area contributed by atoms with Crippen molar-refractivity contribution in [2.45, 2.75) is 40.6 Å². The predicted octanol–water partition coefficient (Wildman–Crippen LogP) is -0.00784. The number of hydrogen-bond donors (Lipinski definition) is 12. The van der Waals surface area contributed by atoms with E-state index in [4.69, 9.17) is 29.4 Å². The van der Waals surface area contributed by atoms with Crippen LogP contribution in [-0.4, -0.2) is 59.6 Å². The van der Waals surface area contributed by atoms with E-state index in [1.54, 1.807) is 0 Å². The van der Waals surface area contributed by atoms with Crippen molar-refractivity contribution in [2.24, 2.45) is 0 Å². The van der Waals surface area contributed by atoms with Crippen molar-refractivity contribution in [3.8, 4) is 17.2 Å². The Bertz CT molecular complexity index is 1600. The molecule has 25 heteroatoms. The Labute approximate surface area is 268 Å². The van der Waals surface area contributed by atoms with Crippen molar-refractivity contribution in [1.29, 1.82) is 0 Å². The number of aromatic nitrogens is 3. The number of phosphoric ester groups is 3. The zero-order valence-corrected chi connectivity index (χ0v) is 27.5. The Hall–Kier alpha value is -2.90. The summed E-state index contributed by atoms with van der Waals surface area (Å²) in [5, 5.41) is 27.7. The topological polar surface area (TPSA) is 360 Å². The molecule has 0 fully saturated rings. The molecule has 0 atom stereocenters. The third kappa shape index (κ3) is 15.1. The van der Waals surface area contributed by atoms with Gasteiger partial charge in [0, 0.05) is 35.3 Å². The third-order valence-electron chi connectivity index (χ3n) is 5.14. The van der Waals surface area contributed by atoms with Gasteiger partial charge in [-0.15, -0.1) is 0 Å². The van der Waals surface area contributed by atoms with Gasteiger partial charge >= 0.3 is 40.5 Å². The molecule has 0 aliphatic heterocycles. The molecule has 257 valence electrons. The normalized spacial score (nSPS) is 11.4. The van der Waals surface area contributed by atoms with Gasteiger partial charge in [-0.05, 0) is 20.8 Å². The fourth-order valence-electron chi connectivity index (χ4n) is 2.74. The van der Waals surface area contributed by atoms with E-state index in [1.165, 1.54) is 39.4 Å². The average Bonchev–Trinajstić information content (AvgIpc) is 2.91. The zero-order valence-electron chi connectivity index (χ0n) is 23.7. The molecule has 0 amide bonds. The first-order valence-corrected chi connectivity index (χ1v) is 16.3. The molecule has 0 saturated carbocycles. The Morgan fingerprint density at radius 3 is 0.891 bits per heavy atom. The molecule has 0 aliphatic rings. The molecule has 0 unspecified atom stereocenters. The Morgan fingerprint density at radius 2 is 0.717 bits per heavy atom. The molecule has 3 rings (SSSR count). The molecular formula is C21H30FeN3O18P3+3. The number of hydrogen-bond acceptors (Lipinski definition) is 12. The van der Waals surface area contributed by atoms with Crippen LogP contribution in [0.2, 0.25) is 0 Å². The maximum absolute atomic E-state index is 11.3. The summed E-state index contributed by atoms with van der Waals surface area (Å²) in [4.78, 5) is 92.0. The molecule has 3 aromatic heterocycles. The second-order valence-electron chi connectivity index (χ2n) is 8.64. The van der Waals surface area contributed by atoms with Crippen LogP contribution in [0.1, 0.15) is 33.8 Å². The van der Waals surface area contributed by atoms with Crippen LogP contribution >= 0.6 is 23.5 Å². The fraction of sp³-hybridized carbons (Fsp3) is 0.286. The molecule has 0 bridgehead atoms. The smallest absolute Gasteiger partial charge is 0.503 e. The minimum absolute atomic E-state index is 0. The van der Waals surface area contributed by atoms with Gasteiger partial charge < -0.3 is 59.6 Å². The first-order valence-electron chi connectivity index (χ1n) is 11.7. The summed E-state index contributed by atoms with van der Waals surface area (Å²) in [6.45, 7) is 2.79. The standard InChI is InChI=1S/3C7H10NO6P.Fe/c3*1-4-6(9)7(10)5(2-8-4)3-14-15(11,12)13;/h3*2,9H,3H2,1H3,(H,8,10)(H2,11,12,13);/q;;;+3. The SMILES string of the molecule is Cc1[nH]cc(COP(=O)(O)O)c(=O)c1O.Cc1[nH]cc(COP(=O)(O)O)c(=O)c1O.Cc1[nH]cc(COP(=O)(O)O)c(=O)c1O.[Fe+3]. The van der Waals surface area contributed by atoms with Crippen molar-refractivity contribution in [3.63, 3.8) is 0 Å². The Morgan fingerprint density at radius 1 is 0.522 bits per heavy atom. The van der Waals surface area contributed by atoms with E-state index in [0.29, 0.717) is 0 Å². The molecular weight excluding hydrogens is 731 g/mol. The maximum atomic E-state index is 11.3. The van der Waals surface area contributed by atoms with Crippen LogP contribution in [0.3, 0.4) is 0 Å². The summed E-state index contributed by atoms with van der Waals surface area (Å²) in [7, 11) is -13.8. The van der Waals surface area contributed by atoms with Gasteiger partial charge in [0.05, 0.1) is 36.9 Å². The molecule has 0 aromatic carbocycles. The molecule has 0 spiro atoms.